The lowest BCUT2D eigenvalue weighted by molar-refractivity contribution is -0.384. The van der Waals surface area contributed by atoms with E-state index in [0.29, 0.717) is 11.3 Å². The van der Waals surface area contributed by atoms with E-state index in [1.165, 1.54) is 17.0 Å². The van der Waals surface area contributed by atoms with Crippen LogP contribution in [-0.2, 0) is 4.79 Å². The molecule has 0 aliphatic rings. The SMILES string of the molecule is Cc1cc([N+](=O)[O-])cc(Cl)c1N(C)CC(=O)N(C)C. The zero-order chi connectivity index (χ0) is 14.7. The summed E-state index contributed by atoms with van der Waals surface area (Å²) >= 11 is 6.07. The number of carbonyl (C=O) groups is 1. The van der Waals surface area contributed by atoms with Crippen LogP contribution in [0.15, 0.2) is 12.1 Å². The van der Waals surface area contributed by atoms with Crippen molar-refractivity contribution in [3.8, 4) is 0 Å². The van der Waals surface area contributed by atoms with Gasteiger partial charge in [0, 0.05) is 33.3 Å². The molecule has 7 heteroatoms. The highest BCUT2D eigenvalue weighted by Crippen LogP contribution is 2.33. The maximum absolute atomic E-state index is 11.7. The zero-order valence-corrected chi connectivity index (χ0v) is 12.1. The van der Waals surface area contributed by atoms with E-state index < -0.39 is 4.92 Å². The molecule has 0 aliphatic carbocycles. The van der Waals surface area contributed by atoms with Gasteiger partial charge in [0.2, 0.25) is 5.91 Å². The third kappa shape index (κ3) is 3.57. The van der Waals surface area contributed by atoms with Crippen LogP contribution in [0.5, 0.6) is 0 Å². The molecule has 1 aromatic rings. The highest BCUT2D eigenvalue weighted by atomic mass is 35.5. The molecule has 0 aliphatic heterocycles. The first-order valence-electron chi connectivity index (χ1n) is 5.60. The van der Waals surface area contributed by atoms with E-state index in [4.69, 9.17) is 11.6 Å². The Balaban J connectivity index is 3.07. The summed E-state index contributed by atoms with van der Waals surface area (Å²) in [6.45, 7) is 1.89. The molecular weight excluding hydrogens is 270 g/mol. The summed E-state index contributed by atoms with van der Waals surface area (Å²) in [7, 11) is 5.06. The zero-order valence-electron chi connectivity index (χ0n) is 11.3. The van der Waals surface area contributed by atoms with E-state index in [2.05, 4.69) is 0 Å². The van der Waals surface area contributed by atoms with Crippen LogP contribution in [0.2, 0.25) is 5.02 Å². The van der Waals surface area contributed by atoms with Gasteiger partial charge in [-0.25, -0.2) is 0 Å². The van der Waals surface area contributed by atoms with Crippen LogP contribution in [0.1, 0.15) is 5.56 Å². The van der Waals surface area contributed by atoms with Crippen molar-refractivity contribution in [3.05, 3.63) is 32.8 Å². The predicted octanol–water partition coefficient (Wildman–Crippen LogP) is 2.08. The number of benzene rings is 1. The summed E-state index contributed by atoms with van der Waals surface area (Å²) in [4.78, 5) is 25.1. The first-order valence-corrected chi connectivity index (χ1v) is 5.97. The van der Waals surface area contributed by atoms with E-state index in [1.54, 1.807) is 33.0 Å². The van der Waals surface area contributed by atoms with Crippen LogP contribution in [0.4, 0.5) is 11.4 Å². The van der Waals surface area contributed by atoms with Gasteiger partial charge in [-0.3, -0.25) is 14.9 Å². The van der Waals surface area contributed by atoms with Gasteiger partial charge in [0.05, 0.1) is 22.2 Å². The molecule has 0 bridgehead atoms. The molecule has 104 valence electrons. The number of non-ortho nitro benzene ring substituents is 1. The van der Waals surface area contributed by atoms with Crippen molar-refractivity contribution in [2.45, 2.75) is 6.92 Å². The minimum absolute atomic E-state index is 0.0569. The minimum Gasteiger partial charge on any atom is -0.364 e. The second-order valence-corrected chi connectivity index (χ2v) is 4.90. The lowest BCUT2D eigenvalue weighted by atomic mass is 10.1. The molecule has 0 atom stereocenters. The van der Waals surface area contributed by atoms with Gasteiger partial charge in [-0.2, -0.15) is 0 Å². The summed E-state index contributed by atoms with van der Waals surface area (Å²) < 4.78 is 0. The molecule has 0 saturated carbocycles. The van der Waals surface area contributed by atoms with Crippen LogP contribution in [-0.4, -0.2) is 43.4 Å². The van der Waals surface area contributed by atoms with Crippen molar-refractivity contribution >= 4 is 28.9 Å². The van der Waals surface area contributed by atoms with E-state index in [-0.39, 0.29) is 23.2 Å². The predicted molar refractivity (Wildman–Crippen MR) is 74.8 cm³/mol. The van der Waals surface area contributed by atoms with Gasteiger partial charge in [0.1, 0.15) is 0 Å². The molecule has 0 fully saturated rings. The topological polar surface area (TPSA) is 66.7 Å². The number of likely N-dealkylation sites (N-methyl/N-ethyl adjacent to an activating group) is 2. The molecule has 0 saturated heterocycles. The third-order valence-electron chi connectivity index (χ3n) is 2.70. The monoisotopic (exact) mass is 285 g/mol. The first-order chi connectivity index (χ1) is 8.73. The van der Waals surface area contributed by atoms with Crippen LogP contribution < -0.4 is 4.90 Å². The van der Waals surface area contributed by atoms with Gasteiger partial charge >= 0.3 is 0 Å². The molecule has 0 radical (unpaired) electrons. The van der Waals surface area contributed by atoms with Crippen LogP contribution in [0.25, 0.3) is 0 Å². The molecule has 19 heavy (non-hydrogen) atoms. The largest absolute Gasteiger partial charge is 0.364 e. The van der Waals surface area contributed by atoms with E-state index in [9.17, 15) is 14.9 Å². The normalized spacial score (nSPS) is 10.2. The Morgan fingerprint density at radius 3 is 2.37 bits per heavy atom. The Morgan fingerprint density at radius 2 is 1.95 bits per heavy atom. The number of nitro groups is 1. The van der Waals surface area contributed by atoms with Gasteiger partial charge in [0.15, 0.2) is 0 Å². The first kappa shape index (κ1) is 15.2. The average Bonchev–Trinajstić information content (AvgIpc) is 2.27. The van der Waals surface area contributed by atoms with Crippen molar-refractivity contribution in [2.75, 3.05) is 32.6 Å². The van der Waals surface area contributed by atoms with E-state index >= 15 is 0 Å². The Bertz CT molecular complexity index is 494. The summed E-state index contributed by atoms with van der Waals surface area (Å²) in [5.74, 6) is -0.0729. The maximum Gasteiger partial charge on any atom is 0.271 e. The number of amides is 1. The number of nitro benzene ring substituents is 1. The van der Waals surface area contributed by atoms with E-state index in [0.717, 1.165) is 0 Å². The average molecular weight is 286 g/mol. The molecule has 0 aromatic heterocycles. The smallest absolute Gasteiger partial charge is 0.271 e. The second kappa shape index (κ2) is 5.88. The number of hydrogen-bond acceptors (Lipinski definition) is 4. The second-order valence-electron chi connectivity index (χ2n) is 4.49. The van der Waals surface area contributed by atoms with Crippen molar-refractivity contribution in [1.29, 1.82) is 0 Å². The van der Waals surface area contributed by atoms with Crippen molar-refractivity contribution < 1.29 is 9.72 Å². The summed E-state index contributed by atoms with van der Waals surface area (Å²) in [5, 5.41) is 11.0. The molecule has 0 N–H and O–H groups in total. The molecule has 6 nitrogen and oxygen atoms in total. The standard InChI is InChI=1S/C12H16ClN3O3/c1-8-5-9(16(18)19)6-10(13)12(8)15(4)7-11(17)14(2)3/h5-6H,7H2,1-4H3. The summed E-state index contributed by atoms with van der Waals surface area (Å²) in [6, 6.07) is 2.73. The highest BCUT2D eigenvalue weighted by molar-refractivity contribution is 6.33. The third-order valence-corrected chi connectivity index (χ3v) is 2.99. The molecule has 1 rings (SSSR count). The number of nitrogens with zero attached hydrogens (tertiary/aromatic N) is 3. The Labute approximate surface area is 116 Å². The van der Waals surface area contributed by atoms with Crippen molar-refractivity contribution in [1.82, 2.24) is 4.90 Å². The number of hydrogen-bond donors (Lipinski definition) is 0. The fraction of sp³-hybridized carbons (Fsp3) is 0.417. The van der Waals surface area contributed by atoms with Crippen LogP contribution in [0, 0.1) is 17.0 Å². The molecule has 0 heterocycles. The number of aryl methyl sites for hydroxylation is 1. The number of anilines is 1. The van der Waals surface area contributed by atoms with Gasteiger partial charge in [0.25, 0.3) is 5.69 Å². The number of carbonyl (C=O) groups excluding carboxylic acids is 1. The fourth-order valence-electron chi connectivity index (χ4n) is 1.73. The van der Waals surface area contributed by atoms with Gasteiger partial charge < -0.3 is 9.80 Å². The summed E-state index contributed by atoms with van der Waals surface area (Å²) in [6.07, 6.45) is 0. The van der Waals surface area contributed by atoms with Gasteiger partial charge in [-0.15, -0.1) is 0 Å². The molecular formula is C12H16ClN3O3. The van der Waals surface area contributed by atoms with Crippen molar-refractivity contribution in [3.63, 3.8) is 0 Å². The molecule has 1 aromatic carbocycles. The minimum atomic E-state index is -0.492. The van der Waals surface area contributed by atoms with Crippen LogP contribution >= 0.6 is 11.6 Å². The molecule has 0 unspecified atom stereocenters. The Morgan fingerprint density at radius 1 is 1.37 bits per heavy atom. The van der Waals surface area contributed by atoms with Gasteiger partial charge in [-0.1, -0.05) is 11.6 Å². The van der Waals surface area contributed by atoms with Gasteiger partial charge in [-0.05, 0) is 12.5 Å². The molecule has 0 spiro atoms. The number of halogens is 1. The van der Waals surface area contributed by atoms with Crippen molar-refractivity contribution in [2.24, 2.45) is 0 Å². The molecule has 1 amide bonds. The summed E-state index contributed by atoms with van der Waals surface area (Å²) in [5.41, 5.74) is 1.23. The fourth-order valence-corrected chi connectivity index (χ4v) is 2.14. The maximum atomic E-state index is 11.7. The highest BCUT2D eigenvalue weighted by Gasteiger charge is 2.18. The van der Waals surface area contributed by atoms with Crippen LogP contribution in [0.3, 0.4) is 0 Å². The Hall–Kier alpha value is -1.82. The number of rotatable bonds is 4. The lowest BCUT2D eigenvalue weighted by Gasteiger charge is -2.23. The Kier molecular flexibility index (Phi) is 4.72. The lowest BCUT2D eigenvalue weighted by Crippen LogP contribution is -2.34. The van der Waals surface area contributed by atoms with E-state index in [1.807, 2.05) is 0 Å². The quantitative estimate of drug-likeness (QED) is 0.627.